The van der Waals surface area contributed by atoms with Gasteiger partial charge in [0.05, 0.1) is 24.0 Å². The molecular weight excluding hydrogens is 438 g/mol. The Morgan fingerprint density at radius 3 is 2.52 bits per heavy atom. The van der Waals surface area contributed by atoms with Gasteiger partial charge in [0.1, 0.15) is 5.75 Å². The Balaban J connectivity index is 1.61. The first-order valence-electron chi connectivity index (χ1n) is 10.2. The van der Waals surface area contributed by atoms with Crippen molar-refractivity contribution in [1.82, 2.24) is 19.9 Å². The second-order valence-electron chi connectivity index (χ2n) is 7.23. The Labute approximate surface area is 194 Å². The van der Waals surface area contributed by atoms with Crippen molar-refractivity contribution >= 4 is 34.4 Å². The first-order valence-corrected chi connectivity index (χ1v) is 10.5. The molecule has 0 bridgehead atoms. The van der Waals surface area contributed by atoms with Gasteiger partial charge in [0, 0.05) is 27.6 Å². The van der Waals surface area contributed by atoms with Crippen LogP contribution in [0.5, 0.6) is 5.75 Å². The van der Waals surface area contributed by atoms with E-state index in [0.29, 0.717) is 39.2 Å². The number of hydrogen-bond acceptors (Lipinski definition) is 6. The quantitative estimate of drug-likeness (QED) is 0.366. The number of halogens is 1. The van der Waals surface area contributed by atoms with Crippen LogP contribution in [-0.2, 0) is 0 Å². The second-order valence-corrected chi connectivity index (χ2v) is 7.66. The summed E-state index contributed by atoms with van der Waals surface area (Å²) in [5.41, 5.74) is 3.19. The molecular formula is C25H18ClN5O2. The molecule has 0 saturated carbocycles. The highest BCUT2D eigenvalue weighted by Gasteiger charge is 2.13. The molecule has 2 heterocycles. The van der Waals surface area contributed by atoms with E-state index in [4.69, 9.17) is 21.3 Å². The molecule has 0 spiro atoms. The van der Waals surface area contributed by atoms with Gasteiger partial charge in [-0.15, -0.1) is 0 Å². The number of nitrogens with zero attached hydrogens (tertiary/aromatic N) is 3. The minimum atomic E-state index is -0.316. The second kappa shape index (κ2) is 8.72. The lowest BCUT2D eigenvalue weighted by Crippen LogP contribution is -2.12. The molecule has 0 unspecified atom stereocenters. The number of ether oxygens (including phenoxy) is 1. The summed E-state index contributed by atoms with van der Waals surface area (Å²) in [5, 5.41) is 4.47. The average molecular weight is 456 g/mol. The monoisotopic (exact) mass is 455 g/mol. The molecule has 0 amide bonds. The largest absolute Gasteiger partial charge is 0.496 e. The molecule has 5 rings (SSSR count). The number of rotatable bonds is 5. The smallest absolute Gasteiger partial charge is 0.252 e. The fourth-order valence-corrected chi connectivity index (χ4v) is 3.76. The third kappa shape index (κ3) is 4.26. The van der Waals surface area contributed by atoms with Crippen LogP contribution in [0.3, 0.4) is 0 Å². The van der Waals surface area contributed by atoms with E-state index in [1.807, 2.05) is 66.7 Å². The first kappa shape index (κ1) is 20.7. The number of hydrogen-bond donors (Lipinski definition) is 2. The van der Waals surface area contributed by atoms with Crippen LogP contribution in [0.4, 0.5) is 11.9 Å². The van der Waals surface area contributed by atoms with Gasteiger partial charge in [-0.1, -0.05) is 54.1 Å². The van der Waals surface area contributed by atoms with Crippen LogP contribution >= 0.6 is 11.6 Å². The maximum atomic E-state index is 12.4. The van der Waals surface area contributed by atoms with Crippen molar-refractivity contribution < 1.29 is 4.74 Å². The van der Waals surface area contributed by atoms with Crippen LogP contribution in [0.15, 0.2) is 83.7 Å². The van der Waals surface area contributed by atoms with Crippen LogP contribution in [0, 0.1) is 0 Å². The van der Waals surface area contributed by atoms with Gasteiger partial charge in [-0.05, 0) is 30.3 Å². The van der Waals surface area contributed by atoms with E-state index in [1.165, 1.54) is 6.07 Å². The molecule has 0 aliphatic heterocycles. The summed E-state index contributed by atoms with van der Waals surface area (Å²) in [4.78, 5) is 28.9. The van der Waals surface area contributed by atoms with Gasteiger partial charge in [0.2, 0.25) is 11.9 Å². The zero-order chi connectivity index (χ0) is 22.8. The molecule has 3 aromatic carbocycles. The van der Waals surface area contributed by atoms with E-state index in [9.17, 15) is 4.79 Å². The lowest BCUT2D eigenvalue weighted by atomic mass is 10.1. The molecule has 5 aromatic rings. The molecule has 7 nitrogen and oxygen atoms in total. The number of aromatic nitrogens is 4. The molecule has 2 aromatic heterocycles. The van der Waals surface area contributed by atoms with E-state index in [0.717, 1.165) is 10.9 Å². The Bertz CT molecular complexity index is 1520. The van der Waals surface area contributed by atoms with Gasteiger partial charge in [0.15, 0.2) is 0 Å². The normalized spacial score (nSPS) is 10.8. The topological polar surface area (TPSA) is 92.8 Å². The SMILES string of the molecule is COc1ccccc1-c1cc(=O)[nH]c(Nc2nc(-c3ccccc3)c3cc(Cl)ccc3n2)n1. The highest BCUT2D eigenvalue weighted by Crippen LogP contribution is 2.31. The van der Waals surface area contributed by atoms with Crippen LogP contribution in [0.2, 0.25) is 5.02 Å². The lowest BCUT2D eigenvalue weighted by Gasteiger charge is -2.12. The molecule has 0 aliphatic rings. The summed E-state index contributed by atoms with van der Waals surface area (Å²) in [6, 6.07) is 24.0. The predicted molar refractivity (Wildman–Crippen MR) is 130 cm³/mol. The number of para-hydroxylation sites is 1. The fraction of sp³-hybridized carbons (Fsp3) is 0.0400. The minimum absolute atomic E-state index is 0.218. The number of nitrogens with one attached hydrogen (secondary N) is 2. The number of fused-ring (bicyclic) bond motifs is 1. The summed E-state index contributed by atoms with van der Waals surface area (Å²) < 4.78 is 5.41. The van der Waals surface area contributed by atoms with Crippen LogP contribution in [-0.4, -0.2) is 27.0 Å². The lowest BCUT2D eigenvalue weighted by molar-refractivity contribution is 0.416. The van der Waals surface area contributed by atoms with E-state index < -0.39 is 0 Å². The summed E-state index contributed by atoms with van der Waals surface area (Å²) in [6.45, 7) is 0. The first-order chi connectivity index (χ1) is 16.1. The van der Waals surface area contributed by atoms with Gasteiger partial charge < -0.3 is 4.74 Å². The molecule has 0 radical (unpaired) electrons. The highest BCUT2D eigenvalue weighted by molar-refractivity contribution is 6.31. The van der Waals surface area contributed by atoms with E-state index in [1.54, 1.807) is 13.2 Å². The summed E-state index contributed by atoms with van der Waals surface area (Å²) >= 11 is 6.23. The molecule has 2 N–H and O–H groups in total. The molecule has 0 saturated heterocycles. The molecule has 0 aliphatic carbocycles. The fourth-order valence-electron chi connectivity index (χ4n) is 3.59. The molecule has 0 fully saturated rings. The third-order valence-electron chi connectivity index (χ3n) is 5.06. The van der Waals surface area contributed by atoms with Crippen molar-refractivity contribution in [2.45, 2.75) is 0 Å². The van der Waals surface area contributed by atoms with Gasteiger partial charge in [-0.25, -0.2) is 15.0 Å². The van der Waals surface area contributed by atoms with E-state index >= 15 is 0 Å². The van der Waals surface area contributed by atoms with Crippen LogP contribution < -0.4 is 15.6 Å². The molecule has 33 heavy (non-hydrogen) atoms. The Kier molecular flexibility index (Phi) is 5.46. The van der Waals surface area contributed by atoms with Crippen molar-refractivity contribution in [3.05, 3.63) is 94.2 Å². The average Bonchev–Trinajstić information content (AvgIpc) is 2.84. The summed E-state index contributed by atoms with van der Waals surface area (Å²) in [7, 11) is 1.57. The number of anilines is 2. The zero-order valence-electron chi connectivity index (χ0n) is 17.5. The van der Waals surface area contributed by atoms with Gasteiger partial charge in [0.25, 0.3) is 5.56 Å². The van der Waals surface area contributed by atoms with E-state index in [-0.39, 0.29) is 11.5 Å². The van der Waals surface area contributed by atoms with Crippen LogP contribution in [0.25, 0.3) is 33.4 Å². The Morgan fingerprint density at radius 1 is 0.909 bits per heavy atom. The minimum Gasteiger partial charge on any atom is -0.496 e. The van der Waals surface area contributed by atoms with Gasteiger partial charge in [-0.2, -0.15) is 0 Å². The predicted octanol–water partition coefficient (Wildman–Crippen LogP) is 5.45. The van der Waals surface area contributed by atoms with Crippen molar-refractivity contribution in [2.75, 3.05) is 12.4 Å². The van der Waals surface area contributed by atoms with Gasteiger partial charge in [-0.3, -0.25) is 15.1 Å². The van der Waals surface area contributed by atoms with Crippen molar-refractivity contribution in [2.24, 2.45) is 0 Å². The third-order valence-corrected chi connectivity index (χ3v) is 5.29. The Morgan fingerprint density at radius 2 is 1.70 bits per heavy atom. The maximum absolute atomic E-state index is 12.4. The summed E-state index contributed by atoms with van der Waals surface area (Å²) in [6.07, 6.45) is 0. The van der Waals surface area contributed by atoms with Gasteiger partial charge >= 0.3 is 0 Å². The van der Waals surface area contributed by atoms with Crippen LogP contribution in [0.1, 0.15) is 0 Å². The van der Waals surface area contributed by atoms with Crippen molar-refractivity contribution in [1.29, 1.82) is 0 Å². The highest BCUT2D eigenvalue weighted by atomic mass is 35.5. The number of benzene rings is 3. The number of methoxy groups -OCH3 is 1. The Hall–Kier alpha value is -4.23. The van der Waals surface area contributed by atoms with E-state index in [2.05, 4.69) is 20.3 Å². The van der Waals surface area contributed by atoms with Crippen molar-refractivity contribution in [3.63, 3.8) is 0 Å². The number of aromatic amines is 1. The number of H-pyrrole nitrogens is 1. The van der Waals surface area contributed by atoms with Crippen molar-refractivity contribution in [3.8, 4) is 28.3 Å². The zero-order valence-corrected chi connectivity index (χ0v) is 18.3. The maximum Gasteiger partial charge on any atom is 0.252 e. The molecule has 8 heteroatoms. The molecule has 162 valence electrons. The molecule has 0 atom stereocenters. The summed E-state index contributed by atoms with van der Waals surface area (Å²) in [5.74, 6) is 1.13. The standard InChI is InChI=1S/C25H18ClN5O2/c1-33-21-10-6-5-9-17(21)20-14-22(32)29-24(28-20)31-25-27-19-12-11-16(26)13-18(19)23(30-25)15-7-3-2-4-8-15/h2-14H,1H3,(H2,27,28,29,30,31,32).